The average Bonchev–Trinajstić information content (AvgIpc) is 3.00. The number of benzene rings is 2. The molecule has 0 spiro atoms. The number of aliphatic imine (C=N–C) groups is 1. The van der Waals surface area contributed by atoms with Crippen molar-refractivity contribution in [3.63, 3.8) is 0 Å². The maximum Gasteiger partial charge on any atom is 0.137 e. The van der Waals surface area contributed by atoms with Crippen LogP contribution in [0.25, 0.3) is 23.5 Å². The quantitative estimate of drug-likeness (QED) is 0.454. The Kier molecular flexibility index (Phi) is 5.40. The summed E-state index contributed by atoms with van der Waals surface area (Å²) in [5, 5.41) is 1.14. The second-order valence-corrected chi connectivity index (χ2v) is 6.52. The van der Waals surface area contributed by atoms with E-state index >= 15 is 0 Å². The zero-order valence-corrected chi connectivity index (χ0v) is 15.8. The highest BCUT2D eigenvalue weighted by Crippen LogP contribution is 2.33. The number of rotatable bonds is 5. The van der Waals surface area contributed by atoms with Crippen molar-refractivity contribution >= 4 is 47.4 Å². The number of hydrogen-bond donors (Lipinski definition) is 0. The van der Waals surface area contributed by atoms with Gasteiger partial charge in [-0.3, -0.25) is 9.56 Å². The Labute approximate surface area is 162 Å². The van der Waals surface area contributed by atoms with Crippen LogP contribution in [0.4, 0.5) is 5.69 Å². The van der Waals surface area contributed by atoms with Gasteiger partial charge in [-0.2, -0.15) is 0 Å². The summed E-state index contributed by atoms with van der Waals surface area (Å²) >= 11 is 12.5. The topological polar surface area (TPSA) is 30.2 Å². The molecule has 0 aliphatic carbocycles. The van der Waals surface area contributed by atoms with Gasteiger partial charge in [-0.05, 0) is 43.3 Å². The Balaban J connectivity index is 2.17. The van der Waals surface area contributed by atoms with E-state index in [1.807, 2.05) is 35.8 Å². The number of halogens is 2. The summed E-state index contributed by atoms with van der Waals surface area (Å²) in [6.45, 7) is 9.73. The van der Waals surface area contributed by atoms with Crippen molar-refractivity contribution in [3.8, 4) is 11.3 Å². The highest BCUT2D eigenvalue weighted by Gasteiger charge is 2.17. The fraction of sp³-hybridized carbons (Fsp3) is 0.0476. The van der Waals surface area contributed by atoms with Gasteiger partial charge in [0.2, 0.25) is 0 Å². The van der Waals surface area contributed by atoms with E-state index in [1.165, 1.54) is 5.56 Å². The third kappa shape index (κ3) is 3.64. The molecule has 0 amide bonds. The maximum absolute atomic E-state index is 6.38. The summed E-state index contributed by atoms with van der Waals surface area (Å²) in [6, 6.07) is 13.2. The van der Waals surface area contributed by atoms with E-state index in [-0.39, 0.29) is 0 Å². The minimum atomic E-state index is 0.559. The Morgan fingerprint density at radius 2 is 1.81 bits per heavy atom. The second-order valence-electron chi connectivity index (χ2n) is 5.68. The number of aryl methyl sites for hydroxylation is 1. The van der Waals surface area contributed by atoms with Crippen LogP contribution >= 0.6 is 23.2 Å². The molecule has 0 atom stereocenters. The van der Waals surface area contributed by atoms with Gasteiger partial charge in [0, 0.05) is 16.8 Å². The first-order valence-electron chi connectivity index (χ1n) is 7.97. The molecular formula is C21H17Cl2N3. The lowest BCUT2D eigenvalue weighted by molar-refractivity contribution is 1.10. The first kappa shape index (κ1) is 18.2. The summed E-state index contributed by atoms with van der Waals surface area (Å²) in [6.07, 6.45) is 5.08. The van der Waals surface area contributed by atoms with Crippen LogP contribution in [-0.4, -0.2) is 15.8 Å². The molecule has 0 saturated carbocycles. The van der Waals surface area contributed by atoms with Crippen molar-refractivity contribution in [2.45, 2.75) is 6.92 Å². The highest BCUT2D eigenvalue weighted by atomic mass is 35.5. The molecule has 5 heteroatoms. The van der Waals surface area contributed by atoms with Crippen molar-refractivity contribution in [2.75, 3.05) is 0 Å². The molecular weight excluding hydrogens is 365 g/mol. The smallest absolute Gasteiger partial charge is 0.137 e. The lowest BCUT2D eigenvalue weighted by Gasteiger charge is -2.05. The second kappa shape index (κ2) is 7.73. The molecule has 0 radical (unpaired) electrons. The minimum absolute atomic E-state index is 0.559. The number of nitrogens with zero attached hydrogens (tertiary/aromatic N) is 3. The van der Waals surface area contributed by atoms with Crippen molar-refractivity contribution in [1.82, 2.24) is 9.55 Å². The van der Waals surface area contributed by atoms with Crippen LogP contribution in [0.1, 0.15) is 17.1 Å². The van der Waals surface area contributed by atoms with Crippen LogP contribution in [0.5, 0.6) is 0 Å². The fourth-order valence-corrected chi connectivity index (χ4v) is 2.95. The lowest BCUT2D eigenvalue weighted by atomic mass is 10.1. The van der Waals surface area contributed by atoms with Gasteiger partial charge in [-0.15, -0.1) is 0 Å². The largest absolute Gasteiger partial charge is 0.299 e. The van der Waals surface area contributed by atoms with Gasteiger partial charge < -0.3 is 0 Å². The van der Waals surface area contributed by atoms with Crippen molar-refractivity contribution in [2.24, 2.45) is 4.99 Å². The molecule has 0 bridgehead atoms. The van der Waals surface area contributed by atoms with Gasteiger partial charge in [-0.25, -0.2) is 4.98 Å². The fourth-order valence-electron chi connectivity index (χ4n) is 2.57. The van der Waals surface area contributed by atoms with E-state index in [4.69, 9.17) is 23.2 Å². The number of imidazole rings is 1. The molecule has 130 valence electrons. The van der Waals surface area contributed by atoms with Crippen LogP contribution in [0, 0.1) is 6.92 Å². The van der Waals surface area contributed by atoms with Gasteiger partial charge >= 0.3 is 0 Å². The molecule has 0 aliphatic rings. The van der Waals surface area contributed by atoms with E-state index in [2.05, 4.69) is 23.1 Å². The molecule has 1 aromatic heterocycles. The van der Waals surface area contributed by atoms with Crippen molar-refractivity contribution in [1.29, 1.82) is 0 Å². The van der Waals surface area contributed by atoms with Crippen LogP contribution in [0.3, 0.4) is 0 Å². The van der Waals surface area contributed by atoms with Crippen LogP contribution in [-0.2, 0) is 0 Å². The summed E-state index contributed by atoms with van der Waals surface area (Å²) in [5.74, 6) is 0.649. The monoisotopic (exact) mass is 381 g/mol. The lowest BCUT2D eigenvalue weighted by Crippen LogP contribution is -1.97. The molecule has 0 aliphatic heterocycles. The Morgan fingerprint density at radius 3 is 2.46 bits per heavy atom. The minimum Gasteiger partial charge on any atom is -0.299 e. The molecule has 3 nitrogen and oxygen atoms in total. The summed E-state index contributed by atoms with van der Waals surface area (Å²) < 4.78 is 1.82. The predicted molar refractivity (Wildman–Crippen MR) is 113 cm³/mol. The average molecular weight is 382 g/mol. The Morgan fingerprint density at radius 1 is 1.08 bits per heavy atom. The van der Waals surface area contributed by atoms with Gasteiger partial charge in [0.1, 0.15) is 5.82 Å². The molecule has 0 N–H and O–H groups in total. The molecule has 3 aromatic rings. The van der Waals surface area contributed by atoms with E-state index in [9.17, 15) is 0 Å². The van der Waals surface area contributed by atoms with E-state index < -0.39 is 0 Å². The van der Waals surface area contributed by atoms with Gasteiger partial charge in [0.25, 0.3) is 0 Å². The molecule has 1 heterocycles. The molecule has 2 aromatic carbocycles. The predicted octanol–water partition coefficient (Wildman–Crippen LogP) is 6.66. The van der Waals surface area contributed by atoms with Gasteiger partial charge in [-0.1, -0.05) is 54.1 Å². The molecule has 26 heavy (non-hydrogen) atoms. The van der Waals surface area contributed by atoms with Crippen molar-refractivity contribution < 1.29 is 0 Å². The van der Waals surface area contributed by atoms with E-state index in [0.29, 0.717) is 21.6 Å². The third-order valence-electron chi connectivity index (χ3n) is 3.89. The van der Waals surface area contributed by atoms with Gasteiger partial charge in [0.15, 0.2) is 0 Å². The van der Waals surface area contributed by atoms with Crippen LogP contribution in [0.2, 0.25) is 10.0 Å². The van der Waals surface area contributed by atoms with Crippen LogP contribution < -0.4 is 0 Å². The van der Waals surface area contributed by atoms with E-state index in [0.717, 1.165) is 16.9 Å². The summed E-state index contributed by atoms with van der Waals surface area (Å²) in [5.41, 5.74) is 4.17. The normalized spacial score (nSPS) is 11.0. The highest BCUT2D eigenvalue weighted by molar-refractivity contribution is 6.35. The number of aromatic nitrogens is 2. The van der Waals surface area contributed by atoms with Crippen molar-refractivity contribution in [3.05, 3.63) is 82.7 Å². The molecule has 0 unspecified atom stereocenters. The molecule has 0 saturated heterocycles. The van der Waals surface area contributed by atoms with Gasteiger partial charge in [0.05, 0.1) is 28.3 Å². The Hall–Kier alpha value is -2.62. The van der Waals surface area contributed by atoms with E-state index in [1.54, 1.807) is 36.7 Å². The first-order valence-corrected chi connectivity index (χ1v) is 8.72. The SMILES string of the molecule is C=Cc1nc(-c2cc(Cl)ccc2Cl)c(C=Nc2ccc(C)cc2)n1C=C. The Bertz CT molecular complexity index is 999. The molecule has 3 rings (SSSR count). The maximum atomic E-state index is 6.38. The van der Waals surface area contributed by atoms with Crippen LogP contribution in [0.15, 0.2) is 60.6 Å². The first-order chi connectivity index (χ1) is 12.5. The zero-order chi connectivity index (χ0) is 18.7. The summed E-state index contributed by atoms with van der Waals surface area (Å²) in [7, 11) is 0. The third-order valence-corrected chi connectivity index (χ3v) is 4.46. The standard InChI is InChI=1S/C21H17Cl2N3/c1-4-20-25-21(17-12-15(22)8-11-18(17)23)19(26(20)5-2)13-24-16-9-6-14(3)7-10-16/h4-13H,1-2H2,3H3. The number of hydrogen-bond acceptors (Lipinski definition) is 2. The molecule has 0 fully saturated rings. The zero-order valence-electron chi connectivity index (χ0n) is 14.3. The summed E-state index contributed by atoms with van der Waals surface area (Å²) in [4.78, 5) is 9.21.